The molecule has 5 heteroatoms. The SMILES string of the molecule is COC(=O)C(C)(Nc1ccc(F)cc1)c1ccc(I)cc1. The van der Waals surface area contributed by atoms with Crippen molar-refractivity contribution in [3.05, 3.63) is 63.5 Å². The standard InChI is InChI=1S/C16H15FINO2/c1-16(15(20)21-2,11-3-7-13(18)8-4-11)19-14-9-5-12(17)6-10-14/h3-10,19H,1-2H3. The number of benzene rings is 2. The molecule has 2 aromatic rings. The fourth-order valence-corrected chi connectivity index (χ4v) is 2.41. The van der Waals surface area contributed by atoms with Crippen molar-refractivity contribution in [2.45, 2.75) is 12.5 Å². The lowest BCUT2D eigenvalue weighted by atomic mass is 9.91. The van der Waals surface area contributed by atoms with E-state index in [0.29, 0.717) is 5.69 Å². The first kappa shape index (κ1) is 15.8. The third-order valence-corrected chi connectivity index (χ3v) is 3.97. The molecule has 0 saturated carbocycles. The van der Waals surface area contributed by atoms with E-state index in [1.54, 1.807) is 19.1 Å². The normalized spacial score (nSPS) is 13.3. The van der Waals surface area contributed by atoms with Crippen molar-refractivity contribution in [2.75, 3.05) is 12.4 Å². The van der Waals surface area contributed by atoms with Gasteiger partial charge in [0.25, 0.3) is 0 Å². The summed E-state index contributed by atoms with van der Waals surface area (Å²) in [6.45, 7) is 1.74. The Kier molecular flexibility index (Phi) is 4.82. The fourth-order valence-electron chi connectivity index (χ4n) is 2.05. The summed E-state index contributed by atoms with van der Waals surface area (Å²) in [5.41, 5.74) is 0.374. The van der Waals surface area contributed by atoms with Gasteiger partial charge >= 0.3 is 5.97 Å². The van der Waals surface area contributed by atoms with Gasteiger partial charge in [-0.25, -0.2) is 9.18 Å². The Hall–Kier alpha value is -1.63. The van der Waals surface area contributed by atoms with Crippen molar-refractivity contribution >= 4 is 34.2 Å². The molecule has 1 N–H and O–H groups in total. The number of halogens is 2. The van der Waals surface area contributed by atoms with E-state index in [1.165, 1.54) is 19.2 Å². The zero-order valence-corrected chi connectivity index (χ0v) is 13.8. The molecule has 1 atom stereocenters. The van der Waals surface area contributed by atoms with Crippen LogP contribution in [0.15, 0.2) is 48.5 Å². The number of methoxy groups -OCH3 is 1. The maximum absolute atomic E-state index is 13.0. The Morgan fingerprint density at radius 3 is 2.24 bits per heavy atom. The van der Waals surface area contributed by atoms with Gasteiger partial charge in [0.05, 0.1) is 7.11 Å². The molecule has 2 rings (SSSR count). The molecule has 110 valence electrons. The van der Waals surface area contributed by atoms with Crippen LogP contribution in [0.3, 0.4) is 0 Å². The number of rotatable bonds is 4. The molecule has 0 spiro atoms. The van der Waals surface area contributed by atoms with Gasteiger partial charge in [0.1, 0.15) is 5.82 Å². The lowest BCUT2D eigenvalue weighted by molar-refractivity contribution is -0.145. The van der Waals surface area contributed by atoms with Gasteiger partial charge < -0.3 is 10.1 Å². The topological polar surface area (TPSA) is 38.3 Å². The molecule has 2 aromatic carbocycles. The van der Waals surface area contributed by atoms with Gasteiger partial charge in [-0.3, -0.25) is 0 Å². The highest BCUT2D eigenvalue weighted by Crippen LogP contribution is 2.28. The molecule has 0 fully saturated rings. The van der Waals surface area contributed by atoms with Crippen LogP contribution in [0.4, 0.5) is 10.1 Å². The largest absolute Gasteiger partial charge is 0.467 e. The zero-order chi connectivity index (χ0) is 15.5. The number of hydrogen-bond acceptors (Lipinski definition) is 3. The van der Waals surface area contributed by atoms with E-state index >= 15 is 0 Å². The minimum absolute atomic E-state index is 0.324. The van der Waals surface area contributed by atoms with E-state index in [9.17, 15) is 9.18 Å². The van der Waals surface area contributed by atoms with Crippen LogP contribution in [0.1, 0.15) is 12.5 Å². The van der Waals surface area contributed by atoms with Crippen LogP contribution in [0.25, 0.3) is 0 Å². The Bertz CT molecular complexity index is 628. The minimum atomic E-state index is -1.04. The van der Waals surface area contributed by atoms with Crippen LogP contribution in [0, 0.1) is 9.39 Å². The second-order valence-corrected chi connectivity index (χ2v) is 6.00. The van der Waals surface area contributed by atoms with Crippen molar-refractivity contribution in [3.8, 4) is 0 Å². The van der Waals surface area contributed by atoms with Crippen LogP contribution < -0.4 is 5.32 Å². The van der Waals surface area contributed by atoms with E-state index in [-0.39, 0.29) is 5.82 Å². The minimum Gasteiger partial charge on any atom is -0.467 e. The van der Waals surface area contributed by atoms with Gasteiger partial charge in [0, 0.05) is 9.26 Å². The molecule has 0 amide bonds. The monoisotopic (exact) mass is 399 g/mol. The molecule has 0 aliphatic carbocycles. The van der Waals surface area contributed by atoms with Crippen molar-refractivity contribution < 1.29 is 13.9 Å². The van der Waals surface area contributed by atoms with Gasteiger partial charge in [-0.1, -0.05) is 12.1 Å². The van der Waals surface area contributed by atoms with Gasteiger partial charge in [-0.15, -0.1) is 0 Å². The van der Waals surface area contributed by atoms with Crippen molar-refractivity contribution in [1.82, 2.24) is 0 Å². The first-order valence-electron chi connectivity index (χ1n) is 6.34. The molecule has 21 heavy (non-hydrogen) atoms. The Morgan fingerprint density at radius 2 is 1.71 bits per heavy atom. The van der Waals surface area contributed by atoms with E-state index in [4.69, 9.17) is 4.74 Å². The average molecular weight is 399 g/mol. The van der Waals surface area contributed by atoms with E-state index in [0.717, 1.165) is 9.13 Å². The maximum Gasteiger partial charge on any atom is 0.335 e. The number of nitrogens with one attached hydrogen (secondary N) is 1. The summed E-state index contributed by atoms with van der Waals surface area (Å²) in [7, 11) is 1.35. The van der Waals surface area contributed by atoms with Crippen LogP contribution in [-0.4, -0.2) is 13.1 Å². The number of ether oxygens (including phenoxy) is 1. The predicted octanol–water partition coefficient (Wildman–Crippen LogP) is 3.93. The predicted molar refractivity (Wildman–Crippen MR) is 88.5 cm³/mol. The molecule has 0 aliphatic rings. The maximum atomic E-state index is 13.0. The van der Waals surface area contributed by atoms with E-state index in [2.05, 4.69) is 27.9 Å². The van der Waals surface area contributed by atoms with Crippen molar-refractivity contribution in [2.24, 2.45) is 0 Å². The number of carbonyl (C=O) groups is 1. The Labute approximate surface area is 136 Å². The lowest BCUT2D eigenvalue weighted by Gasteiger charge is -2.29. The Morgan fingerprint density at radius 1 is 1.14 bits per heavy atom. The summed E-state index contributed by atoms with van der Waals surface area (Å²) in [5, 5.41) is 3.13. The molecule has 0 radical (unpaired) electrons. The lowest BCUT2D eigenvalue weighted by Crippen LogP contribution is -2.41. The summed E-state index contributed by atoms with van der Waals surface area (Å²) >= 11 is 2.20. The second kappa shape index (κ2) is 6.43. The van der Waals surface area contributed by atoms with E-state index < -0.39 is 11.5 Å². The molecule has 3 nitrogen and oxygen atoms in total. The highest BCUT2D eigenvalue weighted by Gasteiger charge is 2.36. The van der Waals surface area contributed by atoms with E-state index in [1.807, 2.05) is 24.3 Å². The number of esters is 1. The number of anilines is 1. The highest BCUT2D eigenvalue weighted by molar-refractivity contribution is 14.1. The Balaban J connectivity index is 2.39. The third-order valence-electron chi connectivity index (χ3n) is 3.25. The first-order chi connectivity index (χ1) is 9.95. The summed E-state index contributed by atoms with van der Waals surface area (Å²) in [4.78, 5) is 12.2. The first-order valence-corrected chi connectivity index (χ1v) is 7.42. The smallest absolute Gasteiger partial charge is 0.335 e. The molecular formula is C16H15FINO2. The van der Waals surface area contributed by atoms with Gasteiger partial charge in [0.2, 0.25) is 0 Å². The van der Waals surface area contributed by atoms with Gasteiger partial charge in [0.15, 0.2) is 5.54 Å². The van der Waals surface area contributed by atoms with Gasteiger partial charge in [-0.05, 0) is 71.5 Å². The summed E-state index contributed by atoms with van der Waals surface area (Å²) < 4.78 is 19.0. The molecular weight excluding hydrogens is 384 g/mol. The summed E-state index contributed by atoms with van der Waals surface area (Å²) in [5.74, 6) is -0.734. The van der Waals surface area contributed by atoms with Crippen LogP contribution >= 0.6 is 22.6 Å². The molecule has 0 heterocycles. The fraction of sp³-hybridized carbons (Fsp3) is 0.188. The van der Waals surface area contributed by atoms with Crippen LogP contribution in [0.5, 0.6) is 0 Å². The molecule has 0 aliphatic heterocycles. The van der Waals surface area contributed by atoms with Gasteiger partial charge in [-0.2, -0.15) is 0 Å². The molecule has 0 aromatic heterocycles. The van der Waals surface area contributed by atoms with Crippen LogP contribution in [-0.2, 0) is 15.1 Å². The summed E-state index contributed by atoms with van der Waals surface area (Å²) in [6, 6.07) is 13.4. The number of carbonyl (C=O) groups excluding carboxylic acids is 1. The third kappa shape index (κ3) is 3.53. The second-order valence-electron chi connectivity index (χ2n) is 4.76. The highest BCUT2D eigenvalue weighted by atomic mass is 127. The molecule has 0 saturated heterocycles. The molecule has 0 bridgehead atoms. The quantitative estimate of drug-likeness (QED) is 0.626. The molecule has 1 unspecified atom stereocenters. The zero-order valence-electron chi connectivity index (χ0n) is 11.7. The average Bonchev–Trinajstić information content (AvgIpc) is 2.49. The van der Waals surface area contributed by atoms with Crippen LogP contribution in [0.2, 0.25) is 0 Å². The van der Waals surface area contributed by atoms with Crippen molar-refractivity contribution in [1.29, 1.82) is 0 Å². The number of hydrogen-bond donors (Lipinski definition) is 1. The van der Waals surface area contributed by atoms with Crippen molar-refractivity contribution in [3.63, 3.8) is 0 Å². The summed E-state index contributed by atoms with van der Waals surface area (Å²) in [6.07, 6.45) is 0.